The molecule has 0 fully saturated rings. The lowest BCUT2D eigenvalue weighted by Crippen LogP contribution is -2.09. The fourth-order valence-corrected chi connectivity index (χ4v) is 1.59. The molecule has 0 bridgehead atoms. The van der Waals surface area contributed by atoms with Gasteiger partial charge in [-0.15, -0.1) is 0 Å². The smallest absolute Gasteiger partial charge is 0.223 e. The van der Waals surface area contributed by atoms with Crippen LogP contribution in [-0.4, -0.2) is 9.97 Å². The van der Waals surface area contributed by atoms with Crippen LogP contribution in [0.3, 0.4) is 0 Å². The summed E-state index contributed by atoms with van der Waals surface area (Å²) in [5, 5.41) is 12.0. The molecule has 2 rings (SSSR count). The maximum atomic E-state index is 8.74. The molecule has 1 N–H and O–H groups in total. The Hall–Kier alpha value is -2.41. The molecule has 18 heavy (non-hydrogen) atoms. The molecule has 1 aromatic carbocycles. The molecule has 1 heterocycles. The average Bonchev–Trinajstić information content (AvgIpc) is 2.41. The van der Waals surface area contributed by atoms with Crippen molar-refractivity contribution in [2.75, 3.05) is 5.32 Å². The van der Waals surface area contributed by atoms with Gasteiger partial charge in [0.05, 0.1) is 17.7 Å². The van der Waals surface area contributed by atoms with Crippen molar-refractivity contribution in [1.82, 2.24) is 9.97 Å². The molecule has 0 saturated heterocycles. The molecule has 4 nitrogen and oxygen atoms in total. The van der Waals surface area contributed by atoms with E-state index in [0.717, 1.165) is 11.1 Å². The predicted molar refractivity (Wildman–Crippen MR) is 70.0 cm³/mol. The molecule has 1 unspecified atom stereocenters. The Kier molecular flexibility index (Phi) is 3.54. The van der Waals surface area contributed by atoms with Crippen molar-refractivity contribution in [3.8, 4) is 6.07 Å². The predicted octanol–water partition coefficient (Wildman–Crippen LogP) is 2.83. The molecule has 1 atom stereocenters. The molecule has 0 aliphatic heterocycles. The van der Waals surface area contributed by atoms with Crippen LogP contribution in [0.1, 0.15) is 29.7 Å². The quantitative estimate of drug-likeness (QED) is 0.893. The number of rotatable bonds is 3. The summed E-state index contributed by atoms with van der Waals surface area (Å²) in [6.07, 6.45) is 3.56. The Labute approximate surface area is 106 Å². The second kappa shape index (κ2) is 5.28. The van der Waals surface area contributed by atoms with Crippen LogP contribution >= 0.6 is 0 Å². The topological polar surface area (TPSA) is 61.6 Å². The van der Waals surface area contributed by atoms with Crippen LogP contribution in [0, 0.1) is 18.3 Å². The lowest BCUT2D eigenvalue weighted by atomic mass is 10.1. The monoisotopic (exact) mass is 238 g/mol. The summed E-state index contributed by atoms with van der Waals surface area (Å²) in [6, 6.07) is 9.69. The van der Waals surface area contributed by atoms with E-state index in [1.807, 2.05) is 38.1 Å². The zero-order valence-electron chi connectivity index (χ0n) is 10.4. The molecule has 0 radical (unpaired) electrons. The van der Waals surface area contributed by atoms with Crippen molar-refractivity contribution in [2.45, 2.75) is 19.9 Å². The number of hydrogen-bond donors (Lipinski definition) is 1. The van der Waals surface area contributed by atoms with Crippen LogP contribution in [-0.2, 0) is 0 Å². The van der Waals surface area contributed by atoms with Gasteiger partial charge < -0.3 is 5.32 Å². The number of nitrogens with one attached hydrogen (secondary N) is 1. The van der Waals surface area contributed by atoms with Crippen LogP contribution in [0.25, 0.3) is 0 Å². The van der Waals surface area contributed by atoms with Gasteiger partial charge in [-0.05, 0) is 37.1 Å². The summed E-state index contributed by atoms with van der Waals surface area (Å²) in [5.41, 5.74) is 2.79. The third kappa shape index (κ3) is 2.83. The lowest BCUT2D eigenvalue weighted by molar-refractivity contribution is 0.859. The fourth-order valence-electron chi connectivity index (χ4n) is 1.59. The van der Waals surface area contributed by atoms with Gasteiger partial charge in [0.1, 0.15) is 0 Å². The van der Waals surface area contributed by atoms with Crippen LogP contribution in [0.15, 0.2) is 36.7 Å². The molecule has 2 aromatic rings. The van der Waals surface area contributed by atoms with Crippen molar-refractivity contribution in [3.05, 3.63) is 53.3 Å². The van der Waals surface area contributed by atoms with Gasteiger partial charge in [-0.25, -0.2) is 9.97 Å². The van der Waals surface area contributed by atoms with Crippen LogP contribution < -0.4 is 5.32 Å². The van der Waals surface area contributed by atoms with E-state index in [1.54, 1.807) is 12.4 Å². The maximum absolute atomic E-state index is 8.74. The second-order valence-electron chi connectivity index (χ2n) is 4.18. The number of nitrogens with zero attached hydrogens (tertiary/aromatic N) is 3. The van der Waals surface area contributed by atoms with Gasteiger partial charge in [0, 0.05) is 12.4 Å². The van der Waals surface area contributed by atoms with E-state index in [1.165, 1.54) is 0 Å². The van der Waals surface area contributed by atoms with E-state index in [4.69, 9.17) is 5.26 Å². The number of anilines is 1. The summed E-state index contributed by atoms with van der Waals surface area (Å²) in [6.45, 7) is 3.98. The molecule has 4 heteroatoms. The Bertz CT molecular complexity index is 552. The highest BCUT2D eigenvalue weighted by atomic mass is 15.1. The van der Waals surface area contributed by atoms with E-state index >= 15 is 0 Å². The van der Waals surface area contributed by atoms with E-state index in [-0.39, 0.29) is 6.04 Å². The second-order valence-corrected chi connectivity index (χ2v) is 4.18. The van der Waals surface area contributed by atoms with Crippen molar-refractivity contribution in [1.29, 1.82) is 5.26 Å². The van der Waals surface area contributed by atoms with E-state index in [0.29, 0.717) is 11.5 Å². The first-order chi connectivity index (χ1) is 8.69. The number of aromatic nitrogens is 2. The first-order valence-corrected chi connectivity index (χ1v) is 5.74. The molecule has 0 amide bonds. The summed E-state index contributed by atoms with van der Waals surface area (Å²) in [5.74, 6) is 0.609. The largest absolute Gasteiger partial charge is 0.348 e. The highest BCUT2D eigenvalue weighted by Gasteiger charge is 2.06. The maximum Gasteiger partial charge on any atom is 0.223 e. The first-order valence-electron chi connectivity index (χ1n) is 5.74. The van der Waals surface area contributed by atoms with Gasteiger partial charge in [0.15, 0.2) is 0 Å². The normalized spacial score (nSPS) is 11.6. The Morgan fingerprint density at radius 3 is 2.33 bits per heavy atom. The van der Waals surface area contributed by atoms with Crippen LogP contribution in [0.4, 0.5) is 5.95 Å². The number of hydrogen-bond acceptors (Lipinski definition) is 4. The van der Waals surface area contributed by atoms with Gasteiger partial charge in [-0.2, -0.15) is 5.26 Å². The standard InChI is InChI=1S/C14H14N4/c1-10-8-16-14(17-9-10)18-11(2)13-5-3-12(7-15)4-6-13/h3-6,8-9,11H,1-2H3,(H,16,17,18). The molecule has 0 aliphatic carbocycles. The Morgan fingerprint density at radius 2 is 1.78 bits per heavy atom. The third-order valence-corrected chi connectivity index (χ3v) is 2.67. The third-order valence-electron chi connectivity index (χ3n) is 2.67. The summed E-state index contributed by atoms with van der Waals surface area (Å²) in [7, 11) is 0. The highest BCUT2D eigenvalue weighted by Crippen LogP contribution is 2.17. The van der Waals surface area contributed by atoms with E-state index in [9.17, 15) is 0 Å². The zero-order chi connectivity index (χ0) is 13.0. The molecular formula is C14H14N4. The summed E-state index contributed by atoms with van der Waals surface area (Å²) < 4.78 is 0. The summed E-state index contributed by atoms with van der Waals surface area (Å²) in [4.78, 5) is 8.41. The average molecular weight is 238 g/mol. The summed E-state index contributed by atoms with van der Waals surface area (Å²) >= 11 is 0. The molecule has 0 aliphatic rings. The molecule has 90 valence electrons. The van der Waals surface area contributed by atoms with Crippen molar-refractivity contribution >= 4 is 5.95 Å². The molecule has 1 aromatic heterocycles. The van der Waals surface area contributed by atoms with Gasteiger partial charge in [0.2, 0.25) is 5.95 Å². The Balaban J connectivity index is 2.09. The van der Waals surface area contributed by atoms with Crippen molar-refractivity contribution in [2.24, 2.45) is 0 Å². The number of benzene rings is 1. The van der Waals surface area contributed by atoms with E-state index in [2.05, 4.69) is 21.4 Å². The minimum atomic E-state index is 0.0976. The molecule has 0 saturated carbocycles. The zero-order valence-corrected chi connectivity index (χ0v) is 10.4. The Morgan fingerprint density at radius 1 is 1.17 bits per heavy atom. The van der Waals surface area contributed by atoms with Gasteiger partial charge in [-0.3, -0.25) is 0 Å². The molecular weight excluding hydrogens is 224 g/mol. The van der Waals surface area contributed by atoms with Crippen molar-refractivity contribution in [3.63, 3.8) is 0 Å². The van der Waals surface area contributed by atoms with Gasteiger partial charge in [0.25, 0.3) is 0 Å². The minimum Gasteiger partial charge on any atom is -0.348 e. The van der Waals surface area contributed by atoms with Gasteiger partial charge >= 0.3 is 0 Å². The first kappa shape index (κ1) is 12.1. The van der Waals surface area contributed by atoms with Crippen LogP contribution in [0.5, 0.6) is 0 Å². The highest BCUT2D eigenvalue weighted by molar-refractivity contribution is 5.36. The van der Waals surface area contributed by atoms with Crippen LogP contribution in [0.2, 0.25) is 0 Å². The number of nitriles is 1. The minimum absolute atomic E-state index is 0.0976. The molecule has 0 spiro atoms. The van der Waals surface area contributed by atoms with Gasteiger partial charge in [-0.1, -0.05) is 12.1 Å². The SMILES string of the molecule is Cc1cnc(NC(C)c2ccc(C#N)cc2)nc1. The number of aryl methyl sites for hydroxylation is 1. The van der Waals surface area contributed by atoms with Crippen molar-refractivity contribution < 1.29 is 0 Å². The lowest BCUT2D eigenvalue weighted by Gasteiger charge is -2.14. The fraction of sp³-hybridized carbons (Fsp3) is 0.214. The van der Waals surface area contributed by atoms with E-state index < -0.39 is 0 Å².